The van der Waals surface area contributed by atoms with Crippen LogP contribution in [-0.4, -0.2) is 39.5 Å². The standard InChI is InChI=1S/C17H20N2O3S/c1-4-11(2)19(9-16(20)21)17(22)14-5-6-15(18-12(14)3)13-7-8-23-10-13/h5-8,10-11H,4,9H2,1-3H3,(H,20,21). The highest BCUT2D eigenvalue weighted by molar-refractivity contribution is 7.08. The summed E-state index contributed by atoms with van der Waals surface area (Å²) in [4.78, 5) is 29.7. The van der Waals surface area contributed by atoms with Crippen molar-refractivity contribution >= 4 is 23.2 Å². The van der Waals surface area contributed by atoms with Crippen molar-refractivity contribution in [2.24, 2.45) is 0 Å². The molecule has 0 radical (unpaired) electrons. The molecule has 1 amide bonds. The number of aromatic nitrogens is 1. The molecule has 0 fully saturated rings. The Morgan fingerprint density at radius 2 is 2.09 bits per heavy atom. The van der Waals surface area contributed by atoms with E-state index in [0.29, 0.717) is 17.7 Å². The summed E-state index contributed by atoms with van der Waals surface area (Å²) in [5.41, 5.74) is 2.89. The van der Waals surface area contributed by atoms with Gasteiger partial charge in [-0.1, -0.05) is 6.92 Å². The van der Waals surface area contributed by atoms with Crippen molar-refractivity contribution in [1.29, 1.82) is 0 Å². The van der Waals surface area contributed by atoms with E-state index in [9.17, 15) is 9.59 Å². The molecule has 0 aliphatic rings. The second kappa shape index (κ2) is 7.37. The third-order valence-electron chi connectivity index (χ3n) is 3.82. The molecular formula is C17H20N2O3S. The van der Waals surface area contributed by atoms with Crippen LogP contribution in [0, 0.1) is 6.92 Å². The Kier molecular flexibility index (Phi) is 5.50. The number of aliphatic carboxylic acids is 1. The van der Waals surface area contributed by atoms with E-state index in [1.54, 1.807) is 30.4 Å². The molecule has 0 aliphatic heterocycles. The SMILES string of the molecule is CCC(C)N(CC(=O)O)C(=O)c1ccc(-c2ccsc2)nc1C. The third-order valence-corrected chi connectivity index (χ3v) is 4.51. The first-order valence-corrected chi connectivity index (χ1v) is 8.41. The Morgan fingerprint density at radius 3 is 2.61 bits per heavy atom. The maximum absolute atomic E-state index is 12.7. The minimum absolute atomic E-state index is 0.144. The molecule has 0 saturated carbocycles. The number of rotatable bonds is 6. The smallest absolute Gasteiger partial charge is 0.323 e. The summed E-state index contributed by atoms with van der Waals surface area (Å²) in [5.74, 6) is -1.30. The highest BCUT2D eigenvalue weighted by Crippen LogP contribution is 2.22. The molecule has 0 bridgehead atoms. The Morgan fingerprint density at radius 1 is 1.35 bits per heavy atom. The number of nitrogens with zero attached hydrogens (tertiary/aromatic N) is 2. The molecule has 0 aromatic carbocycles. The van der Waals surface area contributed by atoms with Crippen LogP contribution in [0.25, 0.3) is 11.3 Å². The van der Waals surface area contributed by atoms with Gasteiger partial charge in [0.05, 0.1) is 17.0 Å². The lowest BCUT2D eigenvalue weighted by Gasteiger charge is -2.27. The van der Waals surface area contributed by atoms with Gasteiger partial charge in [-0.2, -0.15) is 11.3 Å². The highest BCUT2D eigenvalue weighted by atomic mass is 32.1. The first kappa shape index (κ1) is 17.1. The number of carbonyl (C=O) groups excluding carboxylic acids is 1. The summed E-state index contributed by atoms with van der Waals surface area (Å²) < 4.78 is 0. The summed E-state index contributed by atoms with van der Waals surface area (Å²) >= 11 is 1.59. The average molecular weight is 332 g/mol. The van der Waals surface area contributed by atoms with Gasteiger partial charge in [-0.05, 0) is 43.8 Å². The van der Waals surface area contributed by atoms with Crippen molar-refractivity contribution in [3.05, 3.63) is 40.2 Å². The van der Waals surface area contributed by atoms with Crippen molar-refractivity contribution in [2.45, 2.75) is 33.2 Å². The van der Waals surface area contributed by atoms with E-state index in [2.05, 4.69) is 4.98 Å². The molecule has 1 unspecified atom stereocenters. The number of hydrogen-bond acceptors (Lipinski definition) is 4. The van der Waals surface area contributed by atoms with Gasteiger partial charge in [0.25, 0.3) is 5.91 Å². The largest absolute Gasteiger partial charge is 0.480 e. The Bertz CT molecular complexity index is 698. The van der Waals surface area contributed by atoms with Crippen LogP contribution >= 0.6 is 11.3 Å². The normalized spacial score (nSPS) is 12.0. The number of carboxylic acid groups (broad SMARTS) is 1. The van der Waals surface area contributed by atoms with E-state index in [4.69, 9.17) is 5.11 Å². The van der Waals surface area contributed by atoms with Gasteiger partial charge in [-0.25, -0.2) is 0 Å². The van der Waals surface area contributed by atoms with E-state index in [1.165, 1.54) is 4.90 Å². The minimum Gasteiger partial charge on any atom is -0.480 e. The molecule has 23 heavy (non-hydrogen) atoms. The highest BCUT2D eigenvalue weighted by Gasteiger charge is 2.24. The van der Waals surface area contributed by atoms with Crippen LogP contribution < -0.4 is 0 Å². The Labute approximate surface area is 139 Å². The zero-order valence-electron chi connectivity index (χ0n) is 13.4. The fourth-order valence-electron chi connectivity index (χ4n) is 2.31. The van der Waals surface area contributed by atoms with Crippen molar-refractivity contribution in [2.75, 3.05) is 6.54 Å². The van der Waals surface area contributed by atoms with Crippen LogP contribution in [0.3, 0.4) is 0 Å². The molecule has 0 aliphatic carbocycles. The zero-order chi connectivity index (χ0) is 17.0. The molecule has 6 heteroatoms. The van der Waals surface area contributed by atoms with Crippen molar-refractivity contribution in [3.8, 4) is 11.3 Å². The number of pyridine rings is 1. The first-order valence-electron chi connectivity index (χ1n) is 7.47. The van der Waals surface area contributed by atoms with E-state index < -0.39 is 5.97 Å². The quantitative estimate of drug-likeness (QED) is 0.879. The number of amides is 1. The number of thiophene rings is 1. The van der Waals surface area contributed by atoms with E-state index in [1.807, 2.05) is 30.7 Å². The predicted octanol–water partition coefficient (Wildman–Crippen LogP) is 3.44. The van der Waals surface area contributed by atoms with Crippen LogP contribution in [-0.2, 0) is 4.79 Å². The lowest BCUT2D eigenvalue weighted by atomic mass is 10.1. The molecule has 122 valence electrons. The van der Waals surface area contributed by atoms with Gasteiger partial charge >= 0.3 is 5.97 Å². The molecule has 1 N–H and O–H groups in total. The minimum atomic E-state index is -1.01. The van der Waals surface area contributed by atoms with Gasteiger partial charge in [0.2, 0.25) is 0 Å². The third kappa shape index (κ3) is 3.96. The van der Waals surface area contributed by atoms with E-state index >= 15 is 0 Å². The van der Waals surface area contributed by atoms with E-state index in [-0.39, 0.29) is 18.5 Å². The molecule has 0 spiro atoms. The Hall–Kier alpha value is -2.21. The second-order valence-corrected chi connectivity index (χ2v) is 6.21. The maximum Gasteiger partial charge on any atom is 0.323 e. The molecule has 1 atom stereocenters. The summed E-state index contributed by atoms with van der Waals surface area (Å²) in [7, 11) is 0. The lowest BCUT2D eigenvalue weighted by Crippen LogP contribution is -2.42. The van der Waals surface area contributed by atoms with Crippen molar-refractivity contribution in [3.63, 3.8) is 0 Å². The molecule has 2 aromatic rings. The summed E-state index contributed by atoms with van der Waals surface area (Å²) in [6.45, 7) is 5.25. The average Bonchev–Trinajstić information content (AvgIpc) is 3.05. The second-order valence-electron chi connectivity index (χ2n) is 5.43. The lowest BCUT2D eigenvalue weighted by molar-refractivity contribution is -0.138. The maximum atomic E-state index is 12.7. The Balaban J connectivity index is 2.32. The van der Waals surface area contributed by atoms with Crippen molar-refractivity contribution in [1.82, 2.24) is 9.88 Å². The van der Waals surface area contributed by atoms with E-state index in [0.717, 1.165) is 11.3 Å². The van der Waals surface area contributed by atoms with Crippen LogP contribution in [0.1, 0.15) is 36.3 Å². The molecule has 5 nitrogen and oxygen atoms in total. The number of aryl methyl sites for hydroxylation is 1. The summed E-state index contributed by atoms with van der Waals surface area (Å²) in [5, 5.41) is 13.0. The molecule has 0 saturated heterocycles. The van der Waals surface area contributed by atoms with Crippen molar-refractivity contribution < 1.29 is 14.7 Å². The van der Waals surface area contributed by atoms with Gasteiger partial charge in [-0.3, -0.25) is 14.6 Å². The van der Waals surface area contributed by atoms with Gasteiger partial charge in [0.1, 0.15) is 6.54 Å². The summed E-state index contributed by atoms with van der Waals surface area (Å²) in [6.07, 6.45) is 0.693. The summed E-state index contributed by atoms with van der Waals surface area (Å²) in [6, 6.07) is 5.37. The monoisotopic (exact) mass is 332 g/mol. The van der Waals surface area contributed by atoms with Crippen LogP contribution in [0.15, 0.2) is 29.0 Å². The van der Waals surface area contributed by atoms with Gasteiger partial charge in [0.15, 0.2) is 0 Å². The molecular weight excluding hydrogens is 312 g/mol. The van der Waals surface area contributed by atoms with Crippen LogP contribution in [0.5, 0.6) is 0 Å². The fourth-order valence-corrected chi connectivity index (χ4v) is 2.96. The molecule has 2 aromatic heterocycles. The molecule has 2 rings (SSSR count). The van der Waals surface area contributed by atoms with Gasteiger partial charge in [-0.15, -0.1) is 0 Å². The number of carboxylic acids is 1. The van der Waals surface area contributed by atoms with Crippen LogP contribution in [0.4, 0.5) is 0 Å². The van der Waals surface area contributed by atoms with Gasteiger partial charge < -0.3 is 10.0 Å². The number of hydrogen-bond donors (Lipinski definition) is 1. The number of carbonyl (C=O) groups is 2. The fraction of sp³-hybridized carbons (Fsp3) is 0.353. The van der Waals surface area contributed by atoms with Gasteiger partial charge in [0, 0.05) is 17.0 Å². The predicted molar refractivity (Wildman–Crippen MR) is 90.7 cm³/mol. The topological polar surface area (TPSA) is 70.5 Å². The first-order chi connectivity index (χ1) is 10.9. The zero-order valence-corrected chi connectivity index (χ0v) is 14.3. The van der Waals surface area contributed by atoms with Crippen LogP contribution in [0.2, 0.25) is 0 Å². The molecule has 2 heterocycles.